The van der Waals surface area contributed by atoms with E-state index in [0.717, 1.165) is 30.6 Å². The molecule has 0 spiro atoms. The van der Waals surface area contributed by atoms with Gasteiger partial charge in [-0.15, -0.1) is 0 Å². The van der Waals surface area contributed by atoms with E-state index in [0.29, 0.717) is 23.6 Å². The van der Waals surface area contributed by atoms with Gasteiger partial charge in [-0.1, -0.05) is 24.6 Å². The van der Waals surface area contributed by atoms with Crippen molar-refractivity contribution in [1.29, 1.82) is 0 Å². The van der Waals surface area contributed by atoms with Gasteiger partial charge in [0.05, 0.1) is 23.1 Å². The van der Waals surface area contributed by atoms with E-state index in [9.17, 15) is 4.79 Å². The number of ether oxygens (including phenoxy) is 1. The highest BCUT2D eigenvalue weighted by Gasteiger charge is 2.20. The summed E-state index contributed by atoms with van der Waals surface area (Å²) < 4.78 is 7.16. The normalized spacial score (nSPS) is 17.7. The maximum Gasteiger partial charge on any atom is 0.278 e. The summed E-state index contributed by atoms with van der Waals surface area (Å²) in [6, 6.07) is 7.35. The Balaban J connectivity index is 1.74. The number of hydrogen-bond acceptors (Lipinski definition) is 4. The van der Waals surface area contributed by atoms with Crippen molar-refractivity contribution in [2.45, 2.75) is 38.9 Å². The third kappa shape index (κ3) is 3.77. The van der Waals surface area contributed by atoms with E-state index in [2.05, 4.69) is 10.6 Å². The number of hydrogen-bond donors (Lipinski definition) is 1. The number of rotatable bonds is 5. The Labute approximate surface area is 145 Å². The summed E-state index contributed by atoms with van der Waals surface area (Å²) in [7, 11) is 0. The topological polar surface area (TPSA) is 65.4 Å². The average molecular weight is 350 g/mol. The molecule has 1 aromatic heterocycles. The van der Waals surface area contributed by atoms with Gasteiger partial charge in [-0.3, -0.25) is 4.79 Å². The number of carbonyl (C=O) groups excluding carboxylic acids is 1. The van der Waals surface area contributed by atoms with Gasteiger partial charge in [-0.25, -0.2) is 15.0 Å². The molecule has 1 atom stereocenters. The number of amides is 1. The minimum Gasteiger partial charge on any atom is -0.350 e. The largest absolute Gasteiger partial charge is 0.350 e. The van der Waals surface area contributed by atoms with E-state index in [4.69, 9.17) is 21.2 Å². The molecule has 3 rings (SSSR count). The molecule has 7 heteroatoms. The number of aromatic nitrogens is 2. The van der Waals surface area contributed by atoms with E-state index in [1.165, 1.54) is 0 Å². The third-order valence-electron chi connectivity index (χ3n) is 3.92. The molecule has 1 amide bonds. The Morgan fingerprint density at radius 2 is 2.38 bits per heavy atom. The second-order valence-corrected chi connectivity index (χ2v) is 6.03. The summed E-state index contributed by atoms with van der Waals surface area (Å²) in [6.07, 6.45) is 4.65. The molecular formula is C17H20ClN3O3. The maximum absolute atomic E-state index is 12.4. The third-order valence-corrected chi connectivity index (χ3v) is 4.16. The number of carbonyl (C=O) groups is 1. The van der Waals surface area contributed by atoms with Crippen LogP contribution in [0.2, 0.25) is 5.02 Å². The predicted molar refractivity (Wildman–Crippen MR) is 90.1 cm³/mol. The van der Waals surface area contributed by atoms with Crippen LogP contribution in [-0.4, -0.2) is 28.6 Å². The second-order valence-electron chi connectivity index (χ2n) is 5.60. The molecule has 0 bridgehead atoms. The monoisotopic (exact) mass is 349 g/mol. The Kier molecular flexibility index (Phi) is 5.50. The van der Waals surface area contributed by atoms with Crippen LogP contribution in [0.15, 0.2) is 30.5 Å². The molecule has 1 N–H and O–H groups in total. The molecule has 128 valence electrons. The van der Waals surface area contributed by atoms with Gasteiger partial charge in [-0.2, -0.15) is 5.10 Å². The van der Waals surface area contributed by atoms with Gasteiger partial charge in [0.2, 0.25) is 0 Å². The summed E-state index contributed by atoms with van der Waals surface area (Å²) in [4.78, 5) is 17.8. The van der Waals surface area contributed by atoms with E-state index in [1.807, 2.05) is 25.1 Å². The van der Waals surface area contributed by atoms with Crippen molar-refractivity contribution in [2.75, 3.05) is 6.61 Å². The van der Waals surface area contributed by atoms with Gasteiger partial charge in [0, 0.05) is 18.1 Å². The fraction of sp³-hybridized carbons (Fsp3) is 0.412. The molecule has 24 heavy (non-hydrogen) atoms. The van der Waals surface area contributed by atoms with Gasteiger partial charge in [0.25, 0.3) is 5.91 Å². The number of nitrogens with zero attached hydrogens (tertiary/aromatic N) is 2. The van der Waals surface area contributed by atoms with Crippen LogP contribution >= 0.6 is 11.6 Å². The molecule has 0 saturated carbocycles. The summed E-state index contributed by atoms with van der Waals surface area (Å²) >= 11 is 6.04. The van der Waals surface area contributed by atoms with E-state index < -0.39 is 0 Å². The van der Waals surface area contributed by atoms with Crippen molar-refractivity contribution in [3.8, 4) is 5.69 Å². The smallest absolute Gasteiger partial charge is 0.278 e. The van der Waals surface area contributed by atoms with Crippen molar-refractivity contribution in [2.24, 2.45) is 0 Å². The molecule has 1 aromatic carbocycles. The second kappa shape index (κ2) is 7.79. The maximum atomic E-state index is 12.4. The molecule has 6 nitrogen and oxygen atoms in total. The highest BCUT2D eigenvalue weighted by atomic mass is 35.5. The fourth-order valence-corrected chi connectivity index (χ4v) is 2.90. The van der Waals surface area contributed by atoms with Crippen LogP contribution in [0.25, 0.3) is 5.69 Å². The lowest BCUT2D eigenvalue weighted by molar-refractivity contribution is -0.186. The molecule has 2 heterocycles. The summed E-state index contributed by atoms with van der Waals surface area (Å²) in [5, 5.41) is 4.94. The van der Waals surface area contributed by atoms with Crippen LogP contribution in [0, 0.1) is 0 Å². The molecule has 0 radical (unpaired) electrons. The van der Waals surface area contributed by atoms with E-state index in [1.54, 1.807) is 16.9 Å². The number of benzene rings is 1. The minimum atomic E-state index is -0.379. The lowest BCUT2D eigenvalue weighted by atomic mass is 10.2. The quantitative estimate of drug-likeness (QED) is 0.841. The van der Waals surface area contributed by atoms with Crippen LogP contribution in [0.5, 0.6) is 0 Å². The summed E-state index contributed by atoms with van der Waals surface area (Å²) in [5.74, 6) is -0.325. The van der Waals surface area contributed by atoms with E-state index in [-0.39, 0.29) is 12.2 Å². The molecule has 0 unspecified atom stereocenters. The van der Waals surface area contributed by atoms with Gasteiger partial charge >= 0.3 is 0 Å². The van der Waals surface area contributed by atoms with Crippen LogP contribution < -0.4 is 5.48 Å². The highest BCUT2D eigenvalue weighted by Crippen LogP contribution is 2.19. The van der Waals surface area contributed by atoms with Crippen molar-refractivity contribution in [3.05, 3.63) is 46.7 Å². The Bertz CT molecular complexity index is 711. The van der Waals surface area contributed by atoms with Crippen molar-refractivity contribution < 1.29 is 14.4 Å². The van der Waals surface area contributed by atoms with Crippen LogP contribution in [-0.2, 0) is 16.0 Å². The van der Waals surface area contributed by atoms with Crippen molar-refractivity contribution in [3.63, 3.8) is 0 Å². The zero-order valence-corrected chi connectivity index (χ0v) is 14.3. The summed E-state index contributed by atoms with van der Waals surface area (Å²) in [6.45, 7) is 2.63. The molecule has 2 aromatic rings. The zero-order chi connectivity index (χ0) is 16.9. The first-order valence-corrected chi connectivity index (χ1v) is 8.47. The predicted octanol–water partition coefficient (Wildman–Crippen LogP) is 3.28. The fourth-order valence-electron chi connectivity index (χ4n) is 2.71. The molecule has 1 aliphatic rings. The van der Waals surface area contributed by atoms with Crippen LogP contribution in [0.3, 0.4) is 0 Å². The lowest BCUT2D eigenvalue weighted by Gasteiger charge is -2.22. The molecule has 1 aliphatic heterocycles. The zero-order valence-electron chi connectivity index (χ0n) is 13.5. The summed E-state index contributed by atoms with van der Waals surface area (Å²) in [5.41, 5.74) is 4.57. The van der Waals surface area contributed by atoms with Gasteiger partial charge in [0.15, 0.2) is 6.29 Å². The SMILES string of the molecule is CCc1c(C(=O)NO[C@@H]2CCCCO2)cnn1-c1cccc(Cl)c1. The number of halogens is 1. The van der Waals surface area contributed by atoms with Crippen molar-refractivity contribution in [1.82, 2.24) is 15.3 Å². The Morgan fingerprint density at radius 1 is 1.50 bits per heavy atom. The Hall–Kier alpha value is -1.89. The van der Waals surface area contributed by atoms with Crippen LogP contribution in [0.4, 0.5) is 0 Å². The highest BCUT2D eigenvalue weighted by molar-refractivity contribution is 6.30. The molecule has 1 fully saturated rings. The average Bonchev–Trinajstić information content (AvgIpc) is 3.04. The standard InChI is InChI=1S/C17H20ClN3O3/c1-2-15-14(17(22)20-24-16-8-3-4-9-23-16)11-19-21(15)13-7-5-6-12(18)10-13/h5-7,10-11,16H,2-4,8-9H2,1H3,(H,20,22)/t16-/m1/s1. The minimum absolute atomic E-state index is 0.325. The van der Waals surface area contributed by atoms with E-state index >= 15 is 0 Å². The molecule has 1 saturated heterocycles. The first-order valence-electron chi connectivity index (χ1n) is 8.09. The molecule has 0 aliphatic carbocycles. The Morgan fingerprint density at radius 3 is 3.08 bits per heavy atom. The van der Waals surface area contributed by atoms with Gasteiger partial charge < -0.3 is 4.74 Å². The molecular weight excluding hydrogens is 330 g/mol. The lowest BCUT2D eigenvalue weighted by Crippen LogP contribution is -2.33. The van der Waals surface area contributed by atoms with Crippen LogP contribution in [0.1, 0.15) is 42.2 Å². The first kappa shape index (κ1) is 17.0. The van der Waals surface area contributed by atoms with Crippen molar-refractivity contribution >= 4 is 17.5 Å². The van der Waals surface area contributed by atoms with Gasteiger partial charge in [0.1, 0.15) is 0 Å². The first-order chi connectivity index (χ1) is 11.7. The number of nitrogens with one attached hydrogen (secondary N) is 1. The van der Waals surface area contributed by atoms with Gasteiger partial charge in [-0.05, 0) is 37.5 Å². The number of hydroxylamine groups is 1.